The molecule has 0 aliphatic heterocycles. The van der Waals surface area contributed by atoms with Crippen molar-refractivity contribution in [3.05, 3.63) is 24.0 Å². The number of hydrogen-bond donors (Lipinski definition) is 2. The van der Waals surface area contributed by atoms with Gasteiger partial charge < -0.3 is 10.4 Å². The fourth-order valence-corrected chi connectivity index (χ4v) is 1.46. The number of anilines is 1. The number of phenolic OH excluding ortho intramolecular Hbond substituents is 1. The van der Waals surface area contributed by atoms with Crippen LogP contribution in [0.2, 0.25) is 0 Å². The van der Waals surface area contributed by atoms with E-state index in [1.165, 1.54) is 12.1 Å². The molecular formula is C12H18FNO. The number of aromatic hydroxyl groups is 1. The summed E-state index contributed by atoms with van der Waals surface area (Å²) in [5.74, 6) is -0.269. The number of halogens is 1. The fraction of sp³-hybridized carbons (Fsp3) is 0.500. The second kappa shape index (κ2) is 5.59. The predicted molar refractivity (Wildman–Crippen MR) is 60.6 cm³/mol. The van der Waals surface area contributed by atoms with Crippen LogP contribution >= 0.6 is 0 Å². The van der Waals surface area contributed by atoms with Gasteiger partial charge in [0.15, 0.2) is 11.6 Å². The number of hydrogen-bond acceptors (Lipinski definition) is 2. The van der Waals surface area contributed by atoms with Crippen molar-refractivity contribution < 1.29 is 9.50 Å². The molecule has 3 heteroatoms. The minimum atomic E-state index is -0.579. The summed E-state index contributed by atoms with van der Waals surface area (Å²) < 4.78 is 13.0. The normalized spacial score (nSPS) is 10.7. The van der Waals surface area contributed by atoms with Gasteiger partial charge in [0, 0.05) is 18.3 Å². The molecule has 0 spiro atoms. The second-order valence-electron chi connectivity index (χ2n) is 3.73. The average Bonchev–Trinajstić information content (AvgIpc) is 2.24. The van der Waals surface area contributed by atoms with E-state index in [0.717, 1.165) is 25.1 Å². The lowest BCUT2D eigenvalue weighted by atomic mass is 10.0. The molecule has 0 aliphatic carbocycles. The minimum Gasteiger partial charge on any atom is -0.505 e. The van der Waals surface area contributed by atoms with Gasteiger partial charge in [0.05, 0.1) is 0 Å². The van der Waals surface area contributed by atoms with Gasteiger partial charge in [-0.05, 0) is 18.1 Å². The molecule has 1 rings (SSSR count). The molecular weight excluding hydrogens is 193 g/mol. The lowest BCUT2D eigenvalue weighted by molar-refractivity contribution is 0.432. The van der Waals surface area contributed by atoms with Crippen molar-refractivity contribution in [3.63, 3.8) is 0 Å². The molecule has 0 amide bonds. The third kappa shape index (κ3) is 3.42. The molecule has 0 radical (unpaired) electrons. The molecule has 0 atom stereocenters. The summed E-state index contributed by atoms with van der Waals surface area (Å²) in [4.78, 5) is 0. The van der Waals surface area contributed by atoms with E-state index in [-0.39, 0.29) is 5.75 Å². The molecule has 84 valence electrons. The van der Waals surface area contributed by atoms with E-state index in [1.54, 1.807) is 6.07 Å². The highest BCUT2D eigenvalue weighted by Gasteiger charge is 2.04. The zero-order valence-electron chi connectivity index (χ0n) is 9.26. The van der Waals surface area contributed by atoms with E-state index >= 15 is 0 Å². The second-order valence-corrected chi connectivity index (χ2v) is 3.73. The van der Waals surface area contributed by atoms with Crippen LogP contribution in [0.3, 0.4) is 0 Å². The molecule has 1 aromatic rings. The predicted octanol–water partition coefficient (Wildman–Crippen LogP) is 3.38. The van der Waals surface area contributed by atoms with Crippen LogP contribution in [0.25, 0.3) is 0 Å². The van der Waals surface area contributed by atoms with Crippen molar-refractivity contribution in [3.8, 4) is 5.75 Å². The summed E-state index contributed by atoms with van der Waals surface area (Å²) in [7, 11) is 0. The molecule has 0 bridgehead atoms. The summed E-state index contributed by atoms with van der Waals surface area (Å²) in [6, 6.07) is 4.36. The van der Waals surface area contributed by atoms with Crippen LogP contribution in [-0.2, 0) is 0 Å². The quantitative estimate of drug-likeness (QED) is 0.732. The summed E-state index contributed by atoms with van der Waals surface area (Å²) in [5, 5.41) is 12.2. The first-order chi connectivity index (χ1) is 7.17. The van der Waals surface area contributed by atoms with Crippen molar-refractivity contribution in [2.75, 3.05) is 11.9 Å². The van der Waals surface area contributed by atoms with E-state index in [2.05, 4.69) is 19.2 Å². The molecule has 0 unspecified atom stereocenters. The zero-order valence-corrected chi connectivity index (χ0v) is 9.26. The van der Waals surface area contributed by atoms with Crippen molar-refractivity contribution in [1.82, 2.24) is 0 Å². The smallest absolute Gasteiger partial charge is 0.166 e. The largest absolute Gasteiger partial charge is 0.505 e. The number of rotatable bonds is 5. The Bertz CT molecular complexity index is 310. The maximum Gasteiger partial charge on any atom is 0.166 e. The topological polar surface area (TPSA) is 32.3 Å². The Morgan fingerprint density at radius 3 is 2.53 bits per heavy atom. The number of benzene rings is 1. The van der Waals surface area contributed by atoms with Crippen LogP contribution in [0.5, 0.6) is 5.75 Å². The van der Waals surface area contributed by atoms with Gasteiger partial charge >= 0.3 is 0 Å². The molecule has 1 aromatic carbocycles. The SMILES string of the molecule is CCC(CC)CNc1ccc(O)c(F)c1. The lowest BCUT2D eigenvalue weighted by Crippen LogP contribution is -2.12. The standard InChI is InChI=1S/C12H18FNO/c1-3-9(4-2)8-14-10-5-6-12(15)11(13)7-10/h5-7,9,14-15H,3-4,8H2,1-2H3. The Morgan fingerprint density at radius 2 is 2.00 bits per heavy atom. The van der Waals surface area contributed by atoms with E-state index in [4.69, 9.17) is 5.11 Å². The van der Waals surface area contributed by atoms with Gasteiger partial charge in [-0.3, -0.25) is 0 Å². The Morgan fingerprint density at radius 1 is 1.33 bits per heavy atom. The molecule has 0 aliphatic rings. The molecule has 0 saturated heterocycles. The first-order valence-electron chi connectivity index (χ1n) is 5.39. The van der Waals surface area contributed by atoms with Crippen LogP contribution in [0.15, 0.2) is 18.2 Å². The Kier molecular flexibility index (Phi) is 4.40. The van der Waals surface area contributed by atoms with Gasteiger partial charge in [0.25, 0.3) is 0 Å². The third-order valence-electron chi connectivity index (χ3n) is 2.70. The lowest BCUT2D eigenvalue weighted by Gasteiger charge is -2.14. The highest BCUT2D eigenvalue weighted by Crippen LogP contribution is 2.20. The van der Waals surface area contributed by atoms with Crippen molar-refractivity contribution in [2.24, 2.45) is 5.92 Å². The minimum absolute atomic E-state index is 0.303. The first kappa shape index (κ1) is 11.8. The highest BCUT2D eigenvalue weighted by atomic mass is 19.1. The van der Waals surface area contributed by atoms with Crippen LogP contribution in [0.4, 0.5) is 10.1 Å². The average molecular weight is 211 g/mol. The first-order valence-corrected chi connectivity index (χ1v) is 5.39. The van der Waals surface area contributed by atoms with Crippen LogP contribution in [0.1, 0.15) is 26.7 Å². The summed E-state index contributed by atoms with van der Waals surface area (Å²) in [6.45, 7) is 5.14. The van der Waals surface area contributed by atoms with E-state index in [0.29, 0.717) is 5.92 Å². The molecule has 0 heterocycles. The maximum atomic E-state index is 13.0. The van der Waals surface area contributed by atoms with Gasteiger partial charge in [-0.1, -0.05) is 26.7 Å². The Balaban J connectivity index is 2.54. The zero-order chi connectivity index (χ0) is 11.3. The fourth-order valence-electron chi connectivity index (χ4n) is 1.46. The number of phenols is 1. The summed E-state index contributed by atoms with van der Waals surface area (Å²) in [5.41, 5.74) is 0.720. The molecule has 2 nitrogen and oxygen atoms in total. The van der Waals surface area contributed by atoms with Gasteiger partial charge in [-0.15, -0.1) is 0 Å². The summed E-state index contributed by atoms with van der Waals surface area (Å²) >= 11 is 0. The molecule has 15 heavy (non-hydrogen) atoms. The maximum absolute atomic E-state index is 13.0. The van der Waals surface area contributed by atoms with Gasteiger partial charge in [-0.25, -0.2) is 4.39 Å². The van der Waals surface area contributed by atoms with E-state index in [1.807, 2.05) is 0 Å². The van der Waals surface area contributed by atoms with E-state index in [9.17, 15) is 4.39 Å². The van der Waals surface area contributed by atoms with Gasteiger partial charge in [0.2, 0.25) is 0 Å². The number of nitrogens with one attached hydrogen (secondary N) is 1. The molecule has 0 saturated carbocycles. The molecule has 0 fully saturated rings. The van der Waals surface area contributed by atoms with Crippen molar-refractivity contribution >= 4 is 5.69 Å². The monoisotopic (exact) mass is 211 g/mol. The molecule has 2 N–H and O–H groups in total. The van der Waals surface area contributed by atoms with E-state index < -0.39 is 5.82 Å². The third-order valence-corrected chi connectivity index (χ3v) is 2.70. The van der Waals surface area contributed by atoms with Gasteiger partial charge in [0.1, 0.15) is 0 Å². The Hall–Kier alpha value is -1.25. The Labute approximate surface area is 90.1 Å². The van der Waals surface area contributed by atoms with Crippen LogP contribution in [0, 0.1) is 11.7 Å². The van der Waals surface area contributed by atoms with Crippen molar-refractivity contribution in [2.45, 2.75) is 26.7 Å². The van der Waals surface area contributed by atoms with Crippen LogP contribution < -0.4 is 5.32 Å². The van der Waals surface area contributed by atoms with Crippen molar-refractivity contribution in [1.29, 1.82) is 0 Å². The summed E-state index contributed by atoms with van der Waals surface area (Å²) in [6.07, 6.45) is 2.23. The van der Waals surface area contributed by atoms with Crippen LogP contribution in [-0.4, -0.2) is 11.7 Å². The molecule has 0 aromatic heterocycles. The highest BCUT2D eigenvalue weighted by molar-refractivity contribution is 5.46. The van der Waals surface area contributed by atoms with Gasteiger partial charge in [-0.2, -0.15) is 0 Å².